The van der Waals surface area contributed by atoms with Crippen LogP contribution in [0.15, 0.2) is 18.2 Å². The molecule has 22 heavy (non-hydrogen) atoms. The summed E-state index contributed by atoms with van der Waals surface area (Å²) in [5.74, 6) is 1.10. The Morgan fingerprint density at radius 2 is 2.14 bits per heavy atom. The third kappa shape index (κ3) is 2.92. The highest BCUT2D eigenvalue weighted by atomic mass is 16.5. The molecule has 0 unspecified atom stereocenters. The van der Waals surface area contributed by atoms with Crippen LogP contribution in [0.1, 0.15) is 52.5 Å². The van der Waals surface area contributed by atoms with Crippen molar-refractivity contribution >= 4 is 11.7 Å². The topological polar surface area (TPSA) is 38.8 Å². The first kappa shape index (κ1) is 16.7. The second-order valence-electron chi connectivity index (χ2n) is 6.64. The predicted molar refractivity (Wildman–Crippen MR) is 88.7 cm³/mol. The number of esters is 1. The normalized spacial score (nSPS) is 21.0. The van der Waals surface area contributed by atoms with Gasteiger partial charge in [-0.3, -0.25) is 0 Å². The van der Waals surface area contributed by atoms with Crippen molar-refractivity contribution < 1.29 is 14.3 Å². The van der Waals surface area contributed by atoms with Gasteiger partial charge in [0.2, 0.25) is 0 Å². The molecule has 2 rings (SSSR count). The lowest BCUT2D eigenvalue weighted by Crippen LogP contribution is -2.55. The highest BCUT2D eigenvalue weighted by Gasteiger charge is 2.41. The monoisotopic (exact) mass is 305 g/mol. The second kappa shape index (κ2) is 6.19. The molecule has 1 aromatic rings. The molecule has 0 amide bonds. The van der Waals surface area contributed by atoms with Crippen LogP contribution in [-0.4, -0.2) is 31.3 Å². The Bertz CT molecular complexity index is 553. The molecule has 0 radical (unpaired) electrons. The van der Waals surface area contributed by atoms with Crippen LogP contribution in [-0.2, 0) is 9.53 Å². The molecule has 0 saturated heterocycles. The largest absolute Gasteiger partial charge is 0.494 e. The van der Waals surface area contributed by atoms with Crippen molar-refractivity contribution in [2.75, 3.05) is 18.6 Å². The molecule has 0 N–H and O–H groups in total. The summed E-state index contributed by atoms with van der Waals surface area (Å²) in [7, 11) is 1.44. The summed E-state index contributed by atoms with van der Waals surface area (Å²) in [6, 6.07) is 5.84. The van der Waals surface area contributed by atoms with E-state index in [9.17, 15) is 4.79 Å². The van der Waals surface area contributed by atoms with Crippen LogP contribution in [0.3, 0.4) is 0 Å². The van der Waals surface area contributed by atoms with E-state index in [-0.39, 0.29) is 17.6 Å². The number of nitrogens with zero attached hydrogens (tertiary/aromatic N) is 1. The summed E-state index contributed by atoms with van der Waals surface area (Å²) in [6.07, 6.45) is 0.983. The van der Waals surface area contributed by atoms with E-state index in [1.165, 1.54) is 12.7 Å². The lowest BCUT2D eigenvalue weighted by Gasteiger charge is -2.49. The third-order valence-corrected chi connectivity index (χ3v) is 4.49. The fourth-order valence-corrected chi connectivity index (χ4v) is 3.70. The van der Waals surface area contributed by atoms with E-state index in [2.05, 4.69) is 37.8 Å². The molecule has 1 aliphatic heterocycles. The van der Waals surface area contributed by atoms with Crippen LogP contribution in [0.2, 0.25) is 0 Å². The minimum Gasteiger partial charge on any atom is -0.494 e. The molecular weight excluding hydrogens is 278 g/mol. The van der Waals surface area contributed by atoms with E-state index in [1.54, 1.807) is 0 Å². The number of ether oxygens (including phenoxy) is 2. The van der Waals surface area contributed by atoms with E-state index < -0.39 is 0 Å². The number of benzene rings is 1. The SMILES string of the molecule is CCOc1ccc2c(c1)[C@@H](C)CC(C)(C)N2[C@H](C)C(=O)OC. The minimum absolute atomic E-state index is 0.104. The Kier molecular flexibility index (Phi) is 4.69. The molecular formula is C18H27NO3. The average molecular weight is 305 g/mol. The predicted octanol–water partition coefficient (Wildman–Crippen LogP) is 3.74. The Balaban J connectivity index is 2.50. The first-order valence-electron chi connectivity index (χ1n) is 7.95. The average Bonchev–Trinajstić information content (AvgIpc) is 2.46. The van der Waals surface area contributed by atoms with Gasteiger partial charge in [0.15, 0.2) is 0 Å². The maximum absolute atomic E-state index is 12.1. The van der Waals surface area contributed by atoms with E-state index in [1.807, 2.05) is 19.9 Å². The van der Waals surface area contributed by atoms with Crippen LogP contribution >= 0.6 is 0 Å². The molecule has 4 heteroatoms. The number of rotatable bonds is 4. The van der Waals surface area contributed by atoms with Crippen molar-refractivity contribution in [2.24, 2.45) is 0 Å². The van der Waals surface area contributed by atoms with E-state index >= 15 is 0 Å². The highest BCUT2D eigenvalue weighted by Crippen LogP contribution is 2.45. The van der Waals surface area contributed by atoms with Crippen molar-refractivity contribution in [3.05, 3.63) is 23.8 Å². The molecule has 2 atom stereocenters. The van der Waals surface area contributed by atoms with Gasteiger partial charge in [-0.05, 0) is 63.8 Å². The van der Waals surface area contributed by atoms with Gasteiger partial charge in [0.25, 0.3) is 0 Å². The third-order valence-electron chi connectivity index (χ3n) is 4.49. The zero-order valence-electron chi connectivity index (χ0n) is 14.5. The Morgan fingerprint density at radius 1 is 1.45 bits per heavy atom. The highest BCUT2D eigenvalue weighted by molar-refractivity contribution is 5.81. The van der Waals surface area contributed by atoms with Crippen molar-refractivity contribution in [1.29, 1.82) is 0 Å². The first-order chi connectivity index (χ1) is 10.3. The fourth-order valence-electron chi connectivity index (χ4n) is 3.70. The van der Waals surface area contributed by atoms with Crippen LogP contribution in [0, 0.1) is 0 Å². The van der Waals surface area contributed by atoms with Gasteiger partial charge in [-0.2, -0.15) is 0 Å². The lowest BCUT2D eigenvalue weighted by atomic mass is 9.79. The Labute approximate surface area is 133 Å². The maximum Gasteiger partial charge on any atom is 0.328 e. The minimum atomic E-state index is -0.316. The van der Waals surface area contributed by atoms with Gasteiger partial charge in [0.1, 0.15) is 11.8 Å². The van der Waals surface area contributed by atoms with Crippen molar-refractivity contribution in [1.82, 2.24) is 0 Å². The number of carbonyl (C=O) groups excluding carboxylic acids is 1. The number of hydrogen-bond acceptors (Lipinski definition) is 4. The smallest absolute Gasteiger partial charge is 0.328 e. The standard InChI is InChI=1S/C18H27NO3/c1-7-22-14-8-9-16-15(10-14)12(2)11-18(4,5)19(16)13(3)17(20)21-6/h8-10,12-13H,7,11H2,1-6H3/t12-,13+/m0/s1. The molecule has 4 nitrogen and oxygen atoms in total. The number of fused-ring (bicyclic) bond motifs is 1. The first-order valence-corrected chi connectivity index (χ1v) is 7.95. The molecule has 0 saturated carbocycles. The van der Waals surface area contributed by atoms with E-state index in [4.69, 9.17) is 9.47 Å². The molecule has 0 bridgehead atoms. The van der Waals surface area contributed by atoms with Crippen LogP contribution < -0.4 is 9.64 Å². The number of methoxy groups -OCH3 is 1. The van der Waals surface area contributed by atoms with Gasteiger partial charge in [0.05, 0.1) is 13.7 Å². The number of hydrogen-bond donors (Lipinski definition) is 0. The van der Waals surface area contributed by atoms with Gasteiger partial charge in [-0.15, -0.1) is 0 Å². The summed E-state index contributed by atoms with van der Waals surface area (Å²) in [5.41, 5.74) is 2.23. The van der Waals surface area contributed by atoms with Gasteiger partial charge in [-0.1, -0.05) is 6.92 Å². The molecule has 1 aromatic carbocycles. The zero-order chi connectivity index (χ0) is 16.5. The molecule has 1 heterocycles. The van der Waals surface area contributed by atoms with Crippen molar-refractivity contribution in [3.63, 3.8) is 0 Å². The van der Waals surface area contributed by atoms with Gasteiger partial charge in [-0.25, -0.2) is 4.79 Å². The lowest BCUT2D eigenvalue weighted by molar-refractivity contribution is -0.142. The molecule has 0 spiro atoms. The maximum atomic E-state index is 12.1. The summed E-state index contributed by atoms with van der Waals surface area (Å²) in [5, 5.41) is 0. The quantitative estimate of drug-likeness (QED) is 0.794. The fraction of sp³-hybridized carbons (Fsp3) is 0.611. The van der Waals surface area contributed by atoms with Crippen LogP contribution in [0.5, 0.6) is 5.75 Å². The van der Waals surface area contributed by atoms with Crippen LogP contribution in [0.25, 0.3) is 0 Å². The molecule has 0 aromatic heterocycles. The van der Waals surface area contributed by atoms with Gasteiger partial charge < -0.3 is 14.4 Å². The zero-order valence-corrected chi connectivity index (χ0v) is 14.5. The van der Waals surface area contributed by atoms with Crippen molar-refractivity contribution in [3.8, 4) is 5.75 Å². The van der Waals surface area contributed by atoms with Crippen LogP contribution in [0.4, 0.5) is 5.69 Å². The van der Waals surface area contributed by atoms with Gasteiger partial charge >= 0.3 is 5.97 Å². The Hall–Kier alpha value is -1.71. The molecule has 122 valence electrons. The summed E-state index contributed by atoms with van der Waals surface area (Å²) >= 11 is 0. The molecule has 1 aliphatic rings. The van der Waals surface area contributed by atoms with Gasteiger partial charge in [0, 0.05) is 11.2 Å². The summed E-state index contributed by atoms with van der Waals surface area (Å²) in [4.78, 5) is 14.3. The van der Waals surface area contributed by atoms with E-state index in [0.717, 1.165) is 17.9 Å². The molecule has 0 aliphatic carbocycles. The summed E-state index contributed by atoms with van der Waals surface area (Å²) < 4.78 is 10.6. The molecule has 0 fully saturated rings. The summed E-state index contributed by atoms with van der Waals surface area (Å²) in [6.45, 7) is 11.1. The Morgan fingerprint density at radius 3 is 2.73 bits per heavy atom. The van der Waals surface area contributed by atoms with E-state index in [0.29, 0.717) is 12.5 Å². The number of carbonyl (C=O) groups is 1. The second-order valence-corrected chi connectivity index (χ2v) is 6.64. The van der Waals surface area contributed by atoms with Crippen molar-refractivity contribution in [2.45, 2.75) is 58.5 Å². The number of anilines is 1.